The van der Waals surface area contributed by atoms with E-state index in [2.05, 4.69) is 0 Å². The van der Waals surface area contributed by atoms with Gasteiger partial charge in [0.15, 0.2) is 0 Å². The maximum absolute atomic E-state index is 12.8. The van der Waals surface area contributed by atoms with E-state index in [1.54, 1.807) is 4.90 Å². The summed E-state index contributed by atoms with van der Waals surface area (Å²) in [5.41, 5.74) is -0.995. The molecule has 1 aliphatic heterocycles. The number of carbonyl (C=O) groups excluding carboxylic acids is 1. The van der Waals surface area contributed by atoms with Gasteiger partial charge in [0.05, 0.1) is 10.5 Å². The third kappa shape index (κ3) is 3.67. The van der Waals surface area contributed by atoms with Gasteiger partial charge in [0.2, 0.25) is 15.9 Å². The van der Waals surface area contributed by atoms with Gasteiger partial charge in [-0.05, 0) is 30.5 Å². The number of piperazine rings is 1. The van der Waals surface area contributed by atoms with Crippen LogP contribution in [0.25, 0.3) is 0 Å². The van der Waals surface area contributed by atoms with Crippen LogP contribution in [0.1, 0.15) is 18.9 Å². The number of hydrogen-bond acceptors (Lipinski definition) is 3. The molecule has 5 nitrogen and oxygen atoms in total. The molecule has 0 spiro atoms. The third-order valence-electron chi connectivity index (χ3n) is 4.78. The highest BCUT2D eigenvalue weighted by Gasteiger charge is 2.42. The van der Waals surface area contributed by atoms with Crippen molar-refractivity contribution >= 4 is 15.9 Å². The van der Waals surface area contributed by atoms with E-state index in [0.29, 0.717) is 12.0 Å². The van der Waals surface area contributed by atoms with Crippen molar-refractivity contribution in [1.29, 1.82) is 0 Å². The monoisotopic (exact) mass is 376 g/mol. The average Bonchev–Trinajstić information content (AvgIpc) is 3.30. The van der Waals surface area contributed by atoms with E-state index in [0.717, 1.165) is 28.9 Å². The number of amides is 1. The molecular formula is C16H19F3N2O3S. The molecule has 1 aromatic rings. The Balaban J connectivity index is 1.71. The molecule has 138 valence electrons. The quantitative estimate of drug-likeness (QED) is 0.813. The fourth-order valence-electron chi connectivity index (χ4n) is 3.03. The number of halogens is 3. The summed E-state index contributed by atoms with van der Waals surface area (Å²) in [6.07, 6.45) is -3.74. The van der Waals surface area contributed by atoms with Crippen molar-refractivity contribution in [3.63, 3.8) is 0 Å². The first kappa shape index (κ1) is 18.2. The molecule has 0 aromatic heterocycles. The first-order chi connectivity index (χ1) is 11.6. The first-order valence-corrected chi connectivity index (χ1v) is 9.51. The maximum atomic E-state index is 12.8. The van der Waals surface area contributed by atoms with Crippen molar-refractivity contribution in [1.82, 2.24) is 9.21 Å². The largest absolute Gasteiger partial charge is 0.416 e. The lowest BCUT2D eigenvalue weighted by Gasteiger charge is -2.34. The Labute approximate surface area is 144 Å². The molecule has 3 rings (SSSR count). The van der Waals surface area contributed by atoms with Crippen LogP contribution in [-0.2, 0) is 21.0 Å². The molecule has 2 aliphatic rings. The van der Waals surface area contributed by atoms with Crippen LogP contribution in [0.2, 0.25) is 0 Å². The minimum absolute atomic E-state index is 0.0339. The molecule has 0 N–H and O–H groups in total. The number of carbonyl (C=O) groups is 1. The van der Waals surface area contributed by atoms with Crippen molar-refractivity contribution in [2.75, 3.05) is 26.2 Å². The standard InChI is InChI=1S/C16H19F3N2O3S/c1-11-9-14(11)15(22)20-5-7-21(8-6-20)25(23,24)13-4-2-3-12(10-13)16(17,18)19/h2-4,10-11,14H,5-9H2,1H3. The van der Waals surface area contributed by atoms with Gasteiger partial charge in [-0.1, -0.05) is 13.0 Å². The zero-order valence-electron chi connectivity index (χ0n) is 13.7. The molecule has 0 bridgehead atoms. The topological polar surface area (TPSA) is 57.7 Å². The molecule has 2 fully saturated rings. The lowest BCUT2D eigenvalue weighted by Crippen LogP contribution is -2.51. The fourth-order valence-corrected chi connectivity index (χ4v) is 4.50. The Morgan fingerprint density at radius 2 is 1.76 bits per heavy atom. The van der Waals surface area contributed by atoms with Gasteiger partial charge in [-0.15, -0.1) is 0 Å². The maximum Gasteiger partial charge on any atom is 0.416 e. The van der Waals surface area contributed by atoms with Crippen LogP contribution < -0.4 is 0 Å². The summed E-state index contributed by atoms with van der Waals surface area (Å²) in [6.45, 7) is 2.70. The smallest absolute Gasteiger partial charge is 0.340 e. The highest BCUT2D eigenvalue weighted by Crippen LogP contribution is 2.39. The van der Waals surface area contributed by atoms with E-state index in [1.807, 2.05) is 6.92 Å². The van der Waals surface area contributed by atoms with Crippen LogP contribution in [0.3, 0.4) is 0 Å². The molecule has 1 aromatic carbocycles. The molecule has 1 saturated carbocycles. The van der Waals surface area contributed by atoms with Crippen molar-refractivity contribution in [2.45, 2.75) is 24.4 Å². The number of hydrogen-bond donors (Lipinski definition) is 0. The number of benzene rings is 1. The Hall–Kier alpha value is -1.61. The average molecular weight is 376 g/mol. The molecule has 1 aliphatic carbocycles. The third-order valence-corrected chi connectivity index (χ3v) is 6.67. The Morgan fingerprint density at radius 3 is 2.28 bits per heavy atom. The Morgan fingerprint density at radius 1 is 1.16 bits per heavy atom. The second-order valence-electron chi connectivity index (χ2n) is 6.57. The van der Waals surface area contributed by atoms with Gasteiger partial charge in [0, 0.05) is 32.1 Å². The van der Waals surface area contributed by atoms with Crippen molar-refractivity contribution in [2.24, 2.45) is 11.8 Å². The molecule has 2 atom stereocenters. The minimum Gasteiger partial charge on any atom is -0.340 e. The van der Waals surface area contributed by atoms with Gasteiger partial charge in [-0.3, -0.25) is 4.79 Å². The minimum atomic E-state index is -4.60. The van der Waals surface area contributed by atoms with Gasteiger partial charge in [0.1, 0.15) is 0 Å². The van der Waals surface area contributed by atoms with E-state index in [-0.39, 0.29) is 42.9 Å². The van der Waals surface area contributed by atoms with E-state index < -0.39 is 21.8 Å². The lowest BCUT2D eigenvalue weighted by atomic mass is 10.2. The summed E-state index contributed by atoms with van der Waals surface area (Å²) in [6, 6.07) is 3.74. The number of sulfonamides is 1. The normalized spacial score (nSPS) is 25.0. The molecule has 1 heterocycles. The molecular weight excluding hydrogens is 357 g/mol. The van der Waals surface area contributed by atoms with E-state index in [9.17, 15) is 26.4 Å². The predicted octanol–water partition coefficient (Wildman–Crippen LogP) is 2.19. The summed E-state index contributed by atoms with van der Waals surface area (Å²) >= 11 is 0. The van der Waals surface area contributed by atoms with Crippen LogP contribution in [-0.4, -0.2) is 49.7 Å². The highest BCUT2D eigenvalue weighted by molar-refractivity contribution is 7.89. The summed E-state index contributed by atoms with van der Waals surface area (Å²) in [4.78, 5) is 13.5. The van der Waals surface area contributed by atoms with E-state index >= 15 is 0 Å². The number of alkyl halides is 3. The zero-order chi connectivity index (χ0) is 18.4. The first-order valence-electron chi connectivity index (χ1n) is 8.07. The molecule has 1 amide bonds. The van der Waals surface area contributed by atoms with Crippen LogP contribution in [0, 0.1) is 11.8 Å². The SMILES string of the molecule is CC1CC1C(=O)N1CCN(S(=O)(=O)c2cccc(C(F)(F)F)c2)CC1. The van der Waals surface area contributed by atoms with E-state index in [1.165, 1.54) is 0 Å². The van der Waals surface area contributed by atoms with Crippen molar-refractivity contribution < 1.29 is 26.4 Å². The van der Waals surface area contributed by atoms with Gasteiger partial charge >= 0.3 is 6.18 Å². The van der Waals surface area contributed by atoms with Gasteiger partial charge in [0.25, 0.3) is 0 Å². The molecule has 0 radical (unpaired) electrons. The highest BCUT2D eigenvalue weighted by atomic mass is 32.2. The molecule has 2 unspecified atom stereocenters. The van der Waals surface area contributed by atoms with Crippen LogP contribution in [0.15, 0.2) is 29.2 Å². The number of rotatable bonds is 3. The summed E-state index contributed by atoms with van der Waals surface area (Å²) < 4.78 is 64.7. The van der Waals surface area contributed by atoms with Gasteiger partial charge < -0.3 is 4.90 Å². The molecule has 9 heteroatoms. The Kier molecular flexibility index (Phi) is 4.57. The van der Waals surface area contributed by atoms with Crippen molar-refractivity contribution in [3.8, 4) is 0 Å². The van der Waals surface area contributed by atoms with Gasteiger partial charge in [-0.25, -0.2) is 8.42 Å². The second kappa shape index (κ2) is 6.28. The lowest BCUT2D eigenvalue weighted by molar-refractivity contribution is -0.137. The van der Waals surface area contributed by atoms with E-state index in [4.69, 9.17) is 0 Å². The second-order valence-corrected chi connectivity index (χ2v) is 8.51. The molecule has 1 saturated heterocycles. The fraction of sp³-hybridized carbons (Fsp3) is 0.562. The van der Waals surface area contributed by atoms with Gasteiger partial charge in [-0.2, -0.15) is 17.5 Å². The van der Waals surface area contributed by atoms with Crippen LogP contribution in [0.5, 0.6) is 0 Å². The summed E-state index contributed by atoms with van der Waals surface area (Å²) in [5.74, 6) is 0.453. The van der Waals surface area contributed by atoms with Crippen LogP contribution in [0.4, 0.5) is 13.2 Å². The zero-order valence-corrected chi connectivity index (χ0v) is 14.5. The van der Waals surface area contributed by atoms with Crippen LogP contribution >= 0.6 is 0 Å². The summed E-state index contributed by atoms with van der Waals surface area (Å²) in [5, 5.41) is 0. The predicted molar refractivity (Wildman–Crippen MR) is 84.1 cm³/mol. The van der Waals surface area contributed by atoms with Crippen molar-refractivity contribution in [3.05, 3.63) is 29.8 Å². The molecule has 25 heavy (non-hydrogen) atoms. The number of nitrogens with zero attached hydrogens (tertiary/aromatic N) is 2. The Bertz CT molecular complexity index is 771. The summed E-state index contributed by atoms with van der Waals surface area (Å²) in [7, 11) is -4.01.